The Kier molecular flexibility index (Phi) is 3.16. The van der Waals surface area contributed by atoms with E-state index in [9.17, 15) is 0 Å². The molecule has 0 saturated carbocycles. The second-order valence-corrected chi connectivity index (χ2v) is 6.49. The molecule has 3 aromatic rings. The molecule has 0 bridgehead atoms. The fraction of sp³-hybridized carbons (Fsp3) is 0.333. The summed E-state index contributed by atoms with van der Waals surface area (Å²) in [6.07, 6.45) is 1.37. The smallest absolute Gasteiger partial charge is 0.0636 e. The Bertz CT molecular complexity index is 794. The molecule has 1 aliphatic rings. The fourth-order valence-electron chi connectivity index (χ4n) is 3.36. The van der Waals surface area contributed by atoms with Crippen LogP contribution in [0.4, 0.5) is 0 Å². The summed E-state index contributed by atoms with van der Waals surface area (Å²) in [6.45, 7) is 2.88. The van der Waals surface area contributed by atoms with E-state index in [1.54, 1.807) is 0 Å². The Balaban J connectivity index is 1.77. The van der Waals surface area contributed by atoms with Gasteiger partial charge in [-0.05, 0) is 37.1 Å². The van der Waals surface area contributed by atoms with E-state index in [4.69, 9.17) is 16.3 Å². The summed E-state index contributed by atoms with van der Waals surface area (Å²) in [5, 5.41) is 2.53. The lowest BCUT2D eigenvalue weighted by atomic mass is 9.95. The zero-order valence-corrected chi connectivity index (χ0v) is 12.7. The lowest BCUT2D eigenvalue weighted by molar-refractivity contribution is 0.120. The van der Waals surface area contributed by atoms with Gasteiger partial charge in [-0.1, -0.05) is 24.3 Å². The summed E-state index contributed by atoms with van der Waals surface area (Å²) in [6, 6.07) is 14.9. The number of hydrogen-bond acceptors (Lipinski definition) is 1. The van der Waals surface area contributed by atoms with E-state index in [1.165, 1.54) is 27.4 Å². The Morgan fingerprint density at radius 3 is 2.76 bits per heavy atom. The first-order chi connectivity index (χ1) is 10.2. The van der Waals surface area contributed by atoms with Crippen molar-refractivity contribution in [3.63, 3.8) is 0 Å². The second-order valence-electron chi connectivity index (χ2n) is 6.02. The van der Waals surface area contributed by atoms with Gasteiger partial charge in [-0.15, -0.1) is 11.6 Å². The molecule has 2 heterocycles. The number of ether oxygens (including phenoxy) is 1. The molecule has 3 atom stereocenters. The number of rotatable bonds is 2. The maximum Gasteiger partial charge on any atom is 0.0636 e. The summed E-state index contributed by atoms with van der Waals surface area (Å²) in [4.78, 5) is 3.45. The van der Waals surface area contributed by atoms with Gasteiger partial charge in [0.2, 0.25) is 0 Å². The third-order valence-corrected chi connectivity index (χ3v) is 5.10. The molecule has 21 heavy (non-hydrogen) atoms. The van der Waals surface area contributed by atoms with Gasteiger partial charge in [0.05, 0.1) is 18.1 Å². The first kappa shape index (κ1) is 13.2. The van der Waals surface area contributed by atoms with Crippen molar-refractivity contribution in [2.45, 2.75) is 24.8 Å². The molecule has 1 N–H and O–H groups in total. The van der Waals surface area contributed by atoms with Crippen molar-refractivity contribution in [2.24, 2.45) is 5.92 Å². The molecule has 0 spiro atoms. The number of alkyl halides is 1. The molecule has 0 amide bonds. The highest BCUT2D eigenvalue weighted by atomic mass is 35.5. The number of hydrogen-bond donors (Lipinski definition) is 1. The third-order valence-electron chi connectivity index (χ3n) is 4.49. The summed E-state index contributed by atoms with van der Waals surface area (Å²) >= 11 is 6.71. The van der Waals surface area contributed by atoms with Crippen LogP contribution < -0.4 is 0 Å². The van der Waals surface area contributed by atoms with E-state index in [-0.39, 0.29) is 5.38 Å². The molecule has 1 fully saturated rings. The molecule has 2 aromatic carbocycles. The highest BCUT2D eigenvalue weighted by molar-refractivity contribution is 6.21. The van der Waals surface area contributed by atoms with Crippen molar-refractivity contribution >= 4 is 33.4 Å². The van der Waals surface area contributed by atoms with E-state index in [0.29, 0.717) is 12.0 Å². The summed E-state index contributed by atoms with van der Waals surface area (Å²) < 4.78 is 5.66. The average Bonchev–Trinajstić information content (AvgIpc) is 3.09. The summed E-state index contributed by atoms with van der Waals surface area (Å²) in [5.41, 5.74) is 3.53. The molecule has 1 aliphatic heterocycles. The van der Waals surface area contributed by atoms with E-state index in [0.717, 1.165) is 13.0 Å². The van der Waals surface area contributed by atoms with Crippen LogP contribution in [0.3, 0.4) is 0 Å². The average molecular weight is 300 g/mol. The molecule has 4 rings (SSSR count). The molecule has 3 unspecified atom stereocenters. The van der Waals surface area contributed by atoms with Crippen molar-refractivity contribution in [1.82, 2.24) is 4.98 Å². The minimum Gasteiger partial charge on any atom is -0.378 e. The molecular weight excluding hydrogens is 282 g/mol. The van der Waals surface area contributed by atoms with Gasteiger partial charge in [-0.2, -0.15) is 0 Å². The van der Waals surface area contributed by atoms with E-state index >= 15 is 0 Å². The minimum absolute atomic E-state index is 0.0213. The lowest BCUT2D eigenvalue weighted by Crippen LogP contribution is -2.07. The maximum absolute atomic E-state index is 6.71. The van der Waals surface area contributed by atoms with Gasteiger partial charge < -0.3 is 9.72 Å². The predicted molar refractivity (Wildman–Crippen MR) is 87.9 cm³/mol. The van der Waals surface area contributed by atoms with Gasteiger partial charge in [0, 0.05) is 27.7 Å². The Morgan fingerprint density at radius 2 is 1.95 bits per heavy atom. The van der Waals surface area contributed by atoms with Crippen molar-refractivity contribution < 1.29 is 4.74 Å². The Hall–Kier alpha value is -1.51. The number of para-hydroxylation sites is 1. The van der Waals surface area contributed by atoms with Crippen LogP contribution in [-0.2, 0) is 4.74 Å². The number of aromatic amines is 1. The molecule has 108 valence electrons. The number of fused-ring (bicyclic) bond motifs is 3. The monoisotopic (exact) mass is 299 g/mol. The highest BCUT2D eigenvalue weighted by Gasteiger charge is 2.29. The zero-order valence-electron chi connectivity index (χ0n) is 12.0. The van der Waals surface area contributed by atoms with Crippen LogP contribution in [0.25, 0.3) is 21.8 Å². The summed E-state index contributed by atoms with van der Waals surface area (Å²) in [5.74, 6) is 0.407. The maximum atomic E-state index is 6.71. The third kappa shape index (κ3) is 2.23. The highest BCUT2D eigenvalue weighted by Crippen LogP contribution is 2.38. The zero-order chi connectivity index (χ0) is 14.4. The van der Waals surface area contributed by atoms with Crippen molar-refractivity contribution in [2.75, 3.05) is 6.61 Å². The van der Waals surface area contributed by atoms with Gasteiger partial charge in [0.25, 0.3) is 0 Å². The van der Waals surface area contributed by atoms with Crippen molar-refractivity contribution in [1.29, 1.82) is 0 Å². The van der Waals surface area contributed by atoms with Gasteiger partial charge in [0.1, 0.15) is 0 Å². The lowest BCUT2D eigenvalue weighted by Gasteiger charge is -2.16. The van der Waals surface area contributed by atoms with E-state index in [2.05, 4.69) is 54.4 Å². The largest absolute Gasteiger partial charge is 0.378 e. The molecule has 0 aliphatic carbocycles. The van der Waals surface area contributed by atoms with Gasteiger partial charge in [0.15, 0.2) is 0 Å². The topological polar surface area (TPSA) is 25.0 Å². The Morgan fingerprint density at radius 1 is 1.14 bits per heavy atom. The minimum atomic E-state index is 0.0213. The second kappa shape index (κ2) is 5.04. The van der Waals surface area contributed by atoms with Crippen LogP contribution in [0.2, 0.25) is 0 Å². The van der Waals surface area contributed by atoms with Crippen LogP contribution in [0.15, 0.2) is 42.5 Å². The number of nitrogens with one attached hydrogen (secondary N) is 1. The molecule has 2 nitrogen and oxygen atoms in total. The van der Waals surface area contributed by atoms with Crippen LogP contribution in [0.5, 0.6) is 0 Å². The first-order valence-electron chi connectivity index (χ1n) is 7.48. The molecule has 3 heteroatoms. The van der Waals surface area contributed by atoms with Gasteiger partial charge >= 0.3 is 0 Å². The van der Waals surface area contributed by atoms with Crippen LogP contribution in [0, 0.1) is 5.92 Å². The number of benzene rings is 2. The number of H-pyrrole nitrogens is 1. The summed E-state index contributed by atoms with van der Waals surface area (Å²) in [7, 11) is 0. The van der Waals surface area contributed by atoms with Gasteiger partial charge in [-0.3, -0.25) is 0 Å². The molecular formula is C18H18ClNO. The van der Waals surface area contributed by atoms with Crippen LogP contribution in [-0.4, -0.2) is 17.7 Å². The van der Waals surface area contributed by atoms with Crippen molar-refractivity contribution in [3.05, 3.63) is 48.0 Å². The Labute approximate surface area is 129 Å². The van der Waals surface area contributed by atoms with E-state index in [1.807, 2.05) is 0 Å². The quantitative estimate of drug-likeness (QED) is 0.660. The SMILES string of the molecule is CC1CC(C(Cl)c2ccc3[nH]c4ccccc4c3c2)CO1. The molecule has 1 saturated heterocycles. The fourth-order valence-corrected chi connectivity index (χ4v) is 3.68. The predicted octanol–water partition coefficient (Wildman–Crippen LogP) is 5.03. The number of aromatic nitrogens is 1. The first-order valence-corrected chi connectivity index (χ1v) is 7.92. The number of halogens is 1. The molecule has 0 radical (unpaired) electrons. The standard InChI is InChI=1S/C18H18ClNO/c1-11-8-13(10-21-11)18(19)12-6-7-17-15(9-12)14-4-2-3-5-16(14)20-17/h2-7,9,11,13,18,20H,8,10H2,1H3. The van der Waals surface area contributed by atoms with E-state index < -0.39 is 0 Å². The van der Waals surface area contributed by atoms with Gasteiger partial charge in [-0.25, -0.2) is 0 Å². The van der Waals surface area contributed by atoms with Crippen LogP contribution >= 0.6 is 11.6 Å². The molecule has 1 aromatic heterocycles. The van der Waals surface area contributed by atoms with Crippen molar-refractivity contribution in [3.8, 4) is 0 Å². The van der Waals surface area contributed by atoms with Crippen LogP contribution in [0.1, 0.15) is 24.3 Å². The normalized spacial score (nSPS) is 23.9.